The van der Waals surface area contributed by atoms with Crippen molar-refractivity contribution >= 4 is 11.3 Å². The molecule has 17 heavy (non-hydrogen) atoms. The van der Waals surface area contributed by atoms with Gasteiger partial charge in [0.05, 0.1) is 10.7 Å². The van der Waals surface area contributed by atoms with Crippen molar-refractivity contribution in [3.8, 4) is 0 Å². The molecule has 4 heteroatoms. The molecular formula is C13H21N3S. The molecule has 0 aromatic carbocycles. The molecule has 1 aromatic rings. The fourth-order valence-corrected chi connectivity index (χ4v) is 3.88. The molecular weight excluding hydrogens is 230 g/mol. The highest BCUT2D eigenvalue weighted by molar-refractivity contribution is 7.09. The number of thiazole rings is 1. The Morgan fingerprint density at radius 2 is 2.47 bits per heavy atom. The highest BCUT2D eigenvalue weighted by atomic mass is 32.1. The molecule has 3 rings (SSSR count). The lowest BCUT2D eigenvalue weighted by molar-refractivity contribution is 0.411. The zero-order chi connectivity index (χ0) is 11.7. The zero-order valence-electron chi connectivity index (χ0n) is 10.5. The van der Waals surface area contributed by atoms with Crippen molar-refractivity contribution in [1.29, 1.82) is 0 Å². The van der Waals surface area contributed by atoms with E-state index in [-0.39, 0.29) is 0 Å². The standard InChI is InChI=1S/C13H21N3S/c1-16-6-4-10(8-16)12-9-17-13(15-12)7-11-3-2-5-14-11/h9-11,14H,2-8H2,1H3. The van der Waals surface area contributed by atoms with Crippen LogP contribution < -0.4 is 5.32 Å². The first-order chi connectivity index (χ1) is 8.31. The lowest BCUT2D eigenvalue weighted by Crippen LogP contribution is -2.23. The number of likely N-dealkylation sites (tertiary alicyclic amines) is 1. The second kappa shape index (κ2) is 5.04. The van der Waals surface area contributed by atoms with Gasteiger partial charge in [-0.3, -0.25) is 0 Å². The molecule has 2 atom stereocenters. The second-order valence-corrected chi connectivity index (χ2v) is 6.35. The Bertz CT molecular complexity index is 370. The van der Waals surface area contributed by atoms with Crippen LogP contribution in [-0.4, -0.2) is 42.6 Å². The van der Waals surface area contributed by atoms with E-state index in [1.807, 2.05) is 11.3 Å². The van der Waals surface area contributed by atoms with Crippen LogP contribution in [0.15, 0.2) is 5.38 Å². The van der Waals surface area contributed by atoms with E-state index in [9.17, 15) is 0 Å². The average Bonchev–Trinajstić information content (AvgIpc) is 2.99. The maximum absolute atomic E-state index is 4.84. The maximum atomic E-state index is 4.84. The van der Waals surface area contributed by atoms with Gasteiger partial charge in [0.2, 0.25) is 0 Å². The molecule has 1 aromatic heterocycles. The van der Waals surface area contributed by atoms with Gasteiger partial charge in [-0.2, -0.15) is 0 Å². The molecule has 94 valence electrons. The van der Waals surface area contributed by atoms with Crippen LogP contribution in [0.1, 0.15) is 35.9 Å². The van der Waals surface area contributed by atoms with Gasteiger partial charge in [-0.1, -0.05) is 0 Å². The predicted octanol–water partition coefficient (Wildman–Crippen LogP) is 1.86. The first-order valence-corrected chi connectivity index (χ1v) is 7.55. The monoisotopic (exact) mass is 251 g/mol. The lowest BCUT2D eigenvalue weighted by atomic mass is 10.1. The molecule has 2 aliphatic rings. The Morgan fingerprint density at radius 3 is 3.18 bits per heavy atom. The van der Waals surface area contributed by atoms with Crippen LogP contribution in [0.5, 0.6) is 0 Å². The first-order valence-electron chi connectivity index (χ1n) is 6.67. The van der Waals surface area contributed by atoms with E-state index in [1.54, 1.807) is 0 Å². The molecule has 0 bridgehead atoms. The number of hydrogen-bond acceptors (Lipinski definition) is 4. The van der Waals surface area contributed by atoms with Crippen molar-refractivity contribution in [2.75, 3.05) is 26.7 Å². The fraction of sp³-hybridized carbons (Fsp3) is 0.769. The van der Waals surface area contributed by atoms with E-state index in [0.717, 1.165) is 6.42 Å². The van der Waals surface area contributed by atoms with Crippen molar-refractivity contribution in [1.82, 2.24) is 15.2 Å². The molecule has 3 nitrogen and oxygen atoms in total. The number of hydrogen-bond donors (Lipinski definition) is 1. The molecule has 1 N–H and O–H groups in total. The number of nitrogens with one attached hydrogen (secondary N) is 1. The van der Waals surface area contributed by atoms with Crippen molar-refractivity contribution in [3.05, 3.63) is 16.1 Å². The van der Waals surface area contributed by atoms with Gasteiger partial charge in [-0.05, 0) is 39.4 Å². The Hall–Kier alpha value is -0.450. The molecule has 0 aliphatic carbocycles. The molecule has 2 unspecified atom stereocenters. The Balaban J connectivity index is 1.61. The molecule has 0 spiro atoms. The summed E-state index contributed by atoms with van der Waals surface area (Å²) in [7, 11) is 2.20. The summed E-state index contributed by atoms with van der Waals surface area (Å²) < 4.78 is 0. The second-order valence-electron chi connectivity index (χ2n) is 5.41. The summed E-state index contributed by atoms with van der Waals surface area (Å²) >= 11 is 1.85. The van der Waals surface area contributed by atoms with Crippen molar-refractivity contribution in [2.45, 2.75) is 37.6 Å². The van der Waals surface area contributed by atoms with Crippen LogP contribution in [0, 0.1) is 0 Å². The Kier molecular flexibility index (Phi) is 3.45. The molecule has 2 aliphatic heterocycles. The zero-order valence-corrected chi connectivity index (χ0v) is 11.3. The van der Waals surface area contributed by atoms with Crippen LogP contribution in [0.4, 0.5) is 0 Å². The minimum Gasteiger partial charge on any atom is -0.314 e. The summed E-state index contributed by atoms with van der Waals surface area (Å²) in [6.45, 7) is 3.60. The van der Waals surface area contributed by atoms with Gasteiger partial charge < -0.3 is 10.2 Å². The van der Waals surface area contributed by atoms with Gasteiger partial charge in [-0.15, -0.1) is 11.3 Å². The predicted molar refractivity (Wildman–Crippen MR) is 71.7 cm³/mol. The third-order valence-electron chi connectivity index (χ3n) is 3.96. The Morgan fingerprint density at radius 1 is 1.53 bits per heavy atom. The summed E-state index contributed by atoms with van der Waals surface area (Å²) in [5.74, 6) is 0.682. The van der Waals surface area contributed by atoms with E-state index in [1.165, 1.54) is 49.6 Å². The van der Waals surface area contributed by atoms with Gasteiger partial charge in [0.15, 0.2) is 0 Å². The van der Waals surface area contributed by atoms with Gasteiger partial charge in [-0.25, -0.2) is 4.98 Å². The third-order valence-corrected chi connectivity index (χ3v) is 4.85. The highest BCUT2D eigenvalue weighted by Crippen LogP contribution is 2.28. The summed E-state index contributed by atoms with van der Waals surface area (Å²) in [5, 5.41) is 7.16. The average molecular weight is 251 g/mol. The van der Waals surface area contributed by atoms with E-state index >= 15 is 0 Å². The van der Waals surface area contributed by atoms with E-state index in [2.05, 4.69) is 22.6 Å². The van der Waals surface area contributed by atoms with Crippen LogP contribution in [-0.2, 0) is 6.42 Å². The van der Waals surface area contributed by atoms with Crippen LogP contribution in [0.3, 0.4) is 0 Å². The molecule has 0 saturated carbocycles. The number of aromatic nitrogens is 1. The SMILES string of the molecule is CN1CCC(c2csc(CC3CCCN3)n2)C1. The molecule has 3 heterocycles. The van der Waals surface area contributed by atoms with E-state index in [0.29, 0.717) is 12.0 Å². The quantitative estimate of drug-likeness (QED) is 0.889. The minimum absolute atomic E-state index is 0.681. The molecule has 0 radical (unpaired) electrons. The third kappa shape index (κ3) is 2.69. The van der Waals surface area contributed by atoms with Gasteiger partial charge in [0.1, 0.15) is 0 Å². The van der Waals surface area contributed by atoms with Gasteiger partial charge in [0, 0.05) is 30.3 Å². The summed E-state index contributed by atoms with van der Waals surface area (Å²) in [6.07, 6.45) is 5.06. The largest absolute Gasteiger partial charge is 0.314 e. The smallest absolute Gasteiger partial charge is 0.0943 e. The minimum atomic E-state index is 0.681. The van der Waals surface area contributed by atoms with Crippen LogP contribution >= 0.6 is 11.3 Å². The van der Waals surface area contributed by atoms with Gasteiger partial charge in [0.25, 0.3) is 0 Å². The summed E-state index contributed by atoms with van der Waals surface area (Å²) in [5.41, 5.74) is 1.34. The van der Waals surface area contributed by atoms with Gasteiger partial charge >= 0.3 is 0 Å². The Labute approximate surface area is 107 Å². The van der Waals surface area contributed by atoms with E-state index < -0.39 is 0 Å². The topological polar surface area (TPSA) is 28.2 Å². The molecule has 2 saturated heterocycles. The summed E-state index contributed by atoms with van der Waals surface area (Å²) in [6, 6.07) is 0.681. The lowest BCUT2D eigenvalue weighted by Gasteiger charge is -2.08. The number of nitrogens with zero attached hydrogens (tertiary/aromatic N) is 2. The van der Waals surface area contributed by atoms with Crippen molar-refractivity contribution in [3.63, 3.8) is 0 Å². The van der Waals surface area contributed by atoms with E-state index in [4.69, 9.17) is 4.98 Å². The van der Waals surface area contributed by atoms with Crippen molar-refractivity contribution in [2.24, 2.45) is 0 Å². The van der Waals surface area contributed by atoms with Crippen LogP contribution in [0.2, 0.25) is 0 Å². The maximum Gasteiger partial charge on any atom is 0.0943 e. The van der Waals surface area contributed by atoms with Crippen LogP contribution in [0.25, 0.3) is 0 Å². The number of likely N-dealkylation sites (N-methyl/N-ethyl adjacent to an activating group) is 1. The summed E-state index contributed by atoms with van der Waals surface area (Å²) in [4.78, 5) is 7.25. The molecule has 2 fully saturated rings. The van der Waals surface area contributed by atoms with Crippen molar-refractivity contribution < 1.29 is 0 Å². The fourth-order valence-electron chi connectivity index (χ4n) is 2.92. The first kappa shape index (κ1) is 11.6. The normalized spacial score (nSPS) is 30.2. The number of rotatable bonds is 3. The molecule has 0 amide bonds. The highest BCUT2D eigenvalue weighted by Gasteiger charge is 2.24.